The van der Waals surface area contributed by atoms with Gasteiger partial charge in [0, 0.05) is 24.2 Å². The van der Waals surface area contributed by atoms with Gasteiger partial charge in [-0.05, 0) is 55.2 Å². The van der Waals surface area contributed by atoms with E-state index < -0.39 is 5.54 Å². The van der Waals surface area contributed by atoms with Gasteiger partial charge < -0.3 is 5.32 Å². The molecule has 4 heteroatoms. The molecule has 0 aromatic heterocycles. The molecule has 1 aliphatic heterocycles. The lowest BCUT2D eigenvalue weighted by Crippen LogP contribution is -2.63. The summed E-state index contributed by atoms with van der Waals surface area (Å²) in [7, 11) is 0. The first-order valence-corrected chi connectivity index (χ1v) is 10.8. The maximum Gasteiger partial charge on any atom is 0.259 e. The molecule has 1 atom stereocenters. The van der Waals surface area contributed by atoms with Gasteiger partial charge in [0.15, 0.2) is 0 Å². The van der Waals surface area contributed by atoms with Crippen molar-refractivity contribution >= 4 is 17.5 Å². The van der Waals surface area contributed by atoms with Crippen molar-refractivity contribution in [3.8, 4) is 0 Å². The van der Waals surface area contributed by atoms with E-state index in [0.29, 0.717) is 18.5 Å². The van der Waals surface area contributed by atoms with Crippen molar-refractivity contribution in [2.75, 3.05) is 4.90 Å². The number of hydrogen-bond donors (Lipinski definition) is 1. The Hall–Kier alpha value is -3.40. The Labute approximate surface area is 183 Å². The van der Waals surface area contributed by atoms with E-state index in [1.54, 1.807) is 4.90 Å². The van der Waals surface area contributed by atoms with Crippen LogP contribution in [0, 0.1) is 6.92 Å². The van der Waals surface area contributed by atoms with Crippen LogP contribution in [-0.2, 0) is 24.2 Å². The second kappa shape index (κ2) is 8.38. The number of fused-ring (bicyclic) bond motifs is 1. The normalized spacial score (nSPS) is 17.9. The highest BCUT2D eigenvalue weighted by Gasteiger charge is 2.47. The maximum atomic E-state index is 13.5. The van der Waals surface area contributed by atoms with E-state index in [1.807, 2.05) is 86.6 Å². The van der Waals surface area contributed by atoms with E-state index in [-0.39, 0.29) is 11.8 Å². The molecule has 1 heterocycles. The highest BCUT2D eigenvalue weighted by molar-refractivity contribution is 6.14. The zero-order valence-corrected chi connectivity index (χ0v) is 18.3. The largest absolute Gasteiger partial charge is 0.350 e. The molecule has 0 aliphatic carbocycles. The van der Waals surface area contributed by atoms with E-state index in [2.05, 4.69) is 12.2 Å². The van der Waals surface area contributed by atoms with Crippen LogP contribution in [0.2, 0.25) is 0 Å². The van der Waals surface area contributed by atoms with Crippen LogP contribution < -0.4 is 10.2 Å². The topological polar surface area (TPSA) is 49.4 Å². The lowest BCUT2D eigenvalue weighted by Gasteiger charge is -2.44. The Balaban J connectivity index is 1.69. The minimum Gasteiger partial charge on any atom is -0.350 e. The third-order valence-corrected chi connectivity index (χ3v) is 6.14. The number of nitrogens with zero attached hydrogens (tertiary/aromatic N) is 1. The zero-order chi connectivity index (χ0) is 22.0. The molecule has 4 nitrogen and oxygen atoms in total. The smallest absolute Gasteiger partial charge is 0.259 e. The molecular formula is C27H28N2O2. The van der Waals surface area contributed by atoms with Crippen LogP contribution in [-0.4, -0.2) is 17.4 Å². The Morgan fingerprint density at radius 2 is 1.61 bits per heavy atom. The quantitative estimate of drug-likeness (QED) is 0.652. The number of anilines is 1. The van der Waals surface area contributed by atoms with Gasteiger partial charge in [-0.3, -0.25) is 14.5 Å². The number of nitrogens with one attached hydrogen (secondary N) is 1. The van der Waals surface area contributed by atoms with Gasteiger partial charge in [0.25, 0.3) is 5.91 Å². The van der Waals surface area contributed by atoms with Gasteiger partial charge in [0.1, 0.15) is 5.54 Å². The van der Waals surface area contributed by atoms with E-state index in [1.165, 1.54) is 11.1 Å². The minimum atomic E-state index is -1.02. The summed E-state index contributed by atoms with van der Waals surface area (Å²) in [5, 5.41) is 3.07. The van der Waals surface area contributed by atoms with Crippen LogP contribution in [0.15, 0.2) is 72.8 Å². The fourth-order valence-corrected chi connectivity index (χ4v) is 4.22. The number of hydrogen-bond acceptors (Lipinski definition) is 2. The van der Waals surface area contributed by atoms with Crippen molar-refractivity contribution in [3.05, 3.63) is 101 Å². The fourth-order valence-electron chi connectivity index (χ4n) is 4.22. The summed E-state index contributed by atoms with van der Waals surface area (Å²) >= 11 is 0. The number of carbonyl (C=O) groups is 2. The molecule has 3 aromatic rings. The maximum absolute atomic E-state index is 13.5. The standard InChI is InChI=1S/C27H28N2O2/c1-4-20-13-15-23(16-14-20)29-25(30)24-8-6-5-7-22(24)17-27(29,3)26(31)28-18-21-11-9-19(2)10-12-21/h5-16H,4,17-18H2,1-3H3,(H,28,31). The number of carbonyl (C=O) groups excluding carboxylic acids is 2. The number of rotatable bonds is 5. The summed E-state index contributed by atoms with van der Waals surface area (Å²) < 4.78 is 0. The fraction of sp³-hybridized carbons (Fsp3) is 0.259. The summed E-state index contributed by atoms with van der Waals surface area (Å²) in [4.78, 5) is 28.7. The molecule has 158 valence electrons. The van der Waals surface area contributed by atoms with Crippen LogP contribution in [0.25, 0.3) is 0 Å². The van der Waals surface area contributed by atoms with Crippen LogP contribution in [0.4, 0.5) is 5.69 Å². The molecular weight excluding hydrogens is 384 g/mol. The molecule has 4 rings (SSSR count). The van der Waals surface area contributed by atoms with Crippen LogP contribution in [0.3, 0.4) is 0 Å². The van der Waals surface area contributed by atoms with Gasteiger partial charge in [0.2, 0.25) is 5.91 Å². The lowest BCUT2D eigenvalue weighted by molar-refractivity contribution is -0.126. The summed E-state index contributed by atoms with van der Waals surface area (Å²) in [5.74, 6) is -0.297. The first-order valence-electron chi connectivity index (χ1n) is 10.8. The molecule has 1 unspecified atom stereocenters. The van der Waals surface area contributed by atoms with Gasteiger partial charge >= 0.3 is 0 Å². The molecule has 3 aromatic carbocycles. The van der Waals surface area contributed by atoms with Crippen LogP contribution in [0.1, 0.15) is 46.5 Å². The SMILES string of the molecule is CCc1ccc(N2C(=O)c3ccccc3CC2(C)C(=O)NCc2ccc(C)cc2)cc1. The Bertz CT molecular complexity index is 1100. The molecule has 0 saturated carbocycles. The third-order valence-electron chi connectivity index (χ3n) is 6.14. The number of aryl methyl sites for hydroxylation is 2. The number of amides is 2. The second-order valence-electron chi connectivity index (χ2n) is 8.44. The van der Waals surface area contributed by atoms with Crippen molar-refractivity contribution in [2.45, 2.75) is 45.7 Å². The second-order valence-corrected chi connectivity index (χ2v) is 8.44. The monoisotopic (exact) mass is 412 g/mol. The molecule has 1 N–H and O–H groups in total. The third kappa shape index (κ3) is 3.98. The van der Waals surface area contributed by atoms with Gasteiger partial charge in [-0.1, -0.05) is 67.1 Å². The first kappa shape index (κ1) is 20.9. The Kier molecular flexibility index (Phi) is 5.64. The van der Waals surface area contributed by atoms with Crippen molar-refractivity contribution in [1.29, 1.82) is 0 Å². The van der Waals surface area contributed by atoms with Gasteiger partial charge in [-0.2, -0.15) is 0 Å². The molecule has 2 amide bonds. The summed E-state index contributed by atoms with van der Waals surface area (Å²) in [6, 6.07) is 23.6. The Morgan fingerprint density at radius 3 is 2.29 bits per heavy atom. The molecule has 0 spiro atoms. The molecule has 0 saturated heterocycles. The minimum absolute atomic E-state index is 0.140. The summed E-state index contributed by atoms with van der Waals surface area (Å²) in [6.07, 6.45) is 1.38. The average molecular weight is 413 g/mol. The molecule has 31 heavy (non-hydrogen) atoms. The first-order chi connectivity index (χ1) is 14.9. The van der Waals surface area contributed by atoms with Crippen molar-refractivity contribution in [3.63, 3.8) is 0 Å². The van der Waals surface area contributed by atoms with E-state index >= 15 is 0 Å². The predicted molar refractivity (Wildman–Crippen MR) is 124 cm³/mol. The molecule has 0 bridgehead atoms. The summed E-state index contributed by atoms with van der Waals surface area (Å²) in [5.41, 5.74) is 4.68. The van der Waals surface area contributed by atoms with Crippen LogP contribution >= 0.6 is 0 Å². The van der Waals surface area contributed by atoms with Gasteiger partial charge in [-0.25, -0.2) is 0 Å². The summed E-state index contributed by atoms with van der Waals surface area (Å²) in [6.45, 7) is 6.42. The highest BCUT2D eigenvalue weighted by atomic mass is 16.2. The molecule has 0 fully saturated rings. The lowest BCUT2D eigenvalue weighted by atomic mass is 9.82. The van der Waals surface area contributed by atoms with Crippen molar-refractivity contribution < 1.29 is 9.59 Å². The highest BCUT2D eigenvalue weighted by Crippen LogP contribution is 2.35. The Morgan fingerprint density at radius 1 is 0.968 bits per heavy atom. The van der Waals surface area contributed by atoms with E-state index in [0.717, 1.165) is 23.2 Å². The molecule has 0 radical (unpaired) electrons. The predicted octanol–water partition coefficient (Wildman–Crippen LogP) is 4.84. The van der Waals surface area contributed by atoms with E-state index in [9.17, 15) is 9.59 Å². The van der Waals surface area contributed by atoms with Crippen molar-refractivity contribution in [2.24, 2.45) is 0 Å². The van der Waals surface area contributed by atoms with Gasteiger partial charge in [0.05, 0.1) is 0 Å². The molecule has 1 aliphatic rings. The van der Waals surface area contributed by atoms with Crippen LogP contribution in [0.5, 0.6) is 0 Å². The van der Waals surface area contributed by atoms with Crippen molar-refractivity contribution in [1.82, 2.24) is 5.32 Å². The number of benzene rings is 3. The van der Waals surface area contributed by atoms with E-state index in [4.69, 9.17) is 0 Å². The average Bonchev–Trinajstić information content (AvgIpc) is 2.79. The van der Waals surface area contributed by atoms with Gasteiger partial charge in [-0.15, -0.1) is 0 Å². The zero-order valence-electron chi connectivity index (χ0n) is 18.3.